The van der Waals surface area contributed by atoms with Crippen LogP contribution in [0.1, 0.15) is 44.2 Å². The summed E-state index contributed by atoms with van der Waals surface area (Å²) < 4.78 is 3.81. The van der Waals surface area contributed by atoms with Crippen LogP contribution in [0.5, 0.6) is 0 Å². The normalized spacial score (nSPS) is 15.3. The van der Waals surface area contributed by atoms with Crippen molar-refractivity contribution >= 4 is 51.1 Å². The van der Waals surface area contributed by atoms with Crippen molar-refractivity contribution in [3.63, 3.8) is 0 Å². The van der Waals surface area contributed by atoms with Gasteiger partial charge in [0.1, 0.15) is 0 Å². The van der Waals surface area contributed by atoms with E-state index in [-0.39, 0.29) is 0 Å². The van der Waals surface area contributed by atoms with Gasteiger partial charge in [-0.25, -0.2) is 0 Å². The van der Waals surface area contributed by atoms with E-state index in [4.69, 9.17) is 9.97 Å². The van der Waals surface area contributed by atoms with Crippen LogP contribution >= 0.6 is 7.26 Å². The number of fused-ring (bicyclic) bond motifs is 3. The summed E-state index contributed by atoms with van der Waals surface area (Å²) in [7, 11) is -2.42. The summed E-state index contributed by atoms with van der Waals surface area (Å²) in [5, 5.41) is 7.11. The zero-order valence-electron chi connectivity index (χ0n) is 28.3. The zero-order chi connectivity index (χ0) is 34.3. The van der Waals surface area contributed by atoms with E-state index in [1.807, 2.05) is 25.4 Å². The SMILES string of the molecule is CC=C1CCCC1=CC(C#Cc1cnc2c(ccc3cc(/C=C/C)cnc32)c1)=C([C]#[Os])[P+](c1ccccc1)(c1ccccc1)c1ccccc1. The third kappa shape index (κ3) is 6.53. The van der Waals surface area contributed by atoms with Crippen molar-refractivity contribution in [3.8, 4) is 16.2 Å². The Hall–Kier alpha value is -4.93. The Morgan fingerprint density at radius 2 is 1.26 bits per heavy atom. The number of hydrogen-bond acceptors (Lipinski definition) is 2. The molecule has 1 aliphatic carbocycles. The molecule has 6 aromatic rings. The maximum atomic E-state index is 4.92. The first-order valence-corrected chi connectivity index (χ1v) is 20.1. The third-order valence-corrected chi connectivity index (χ3v) is 14.7. The van der Waals surface area contributed by atoms with Gasteiger partial charge in [-0.15, -0.1) is 0 Å². The van der Waals surface area contributed by atoms with Gasteiger partial charge in [-0.3, -0.25) is 0 Å². The third-order valence-electron chi connectivity index (χ3n) is 9.30. The Kier molecular flexibility index (Phi) is 10.3. The minimum absolute atomic E-state index is 0.872. The first kappa shape index (κ1) is 33.6. The van der Waals surface area contributed by atoms with E-state index in [1.165, 1.54) is 27.1 Å². The van der Waals surface area contributed by atoms with Gasteiger partial charge < -0.3 is 0 Å². The number of nitrogens with zero attached hydrogens (tertiary/aromatic N) is 2. The molecule has 4 aromatic carbocycles. The Bertz CT molecular complexity index is 2330. The van der Waals surface area contributed by atoms with E-state index in [0.717, 1.165) is 63.1 Å². The van der Waals surface area contributed by atoms with Gasteiger partial charge in [-0.2, -0.15) is 0 Å². The predicted octanol–water partition coefficient (Wildman–Crippen LogP) is 9.98. The number of benzene rings is 4. The summed E-state index contributed by atoms with van der Waals surface area (Å²) in [6.07, 6.45) is 15.8. The Balaban J connectivity index is 1.49. The molecule has 0 radical (unpaired) electrons. The van der Waals surface area contributed by atoms with Crippen LogP contribution in [0.2, 0.25) is 0 Å². The van der Waals surface area contributed by atoms with Gasteiger partial charge in [-0.1, -0.05) is 12.2 Å². The van der Waals surface area contributed by atoms with Gasteiger partial charge in [0.15, 0.2) is 0 Å². The fourth-order valence-electron chi connectivity index (χ4n) is 7.00. The second-order valence-electron chi connectivity index (χ2n) is 12.3. The molecule has 2 aromatic heterocycles. The van der Waals surface area contributed by atoms with Crippen LogP contribution in [-0.2, 0) is 17.9 Å². The van der Waals surface area contributed by atoms with Crippen molar-refractivity contribution in [2.24, 2.45) is 0 Å². The summed E-state index contributed by atoms with van der Waals surface area (Å²) in [6, 6.07) is 41.5. The van der Waals surface area contributed by atoms with Gasteiger partial charge in [0, 0.05) is 0 Å². The summed E-state index contributed by atoms with van der Waals surface area (Å²) in [5.41, 5.74) is 7.54. The second kappa shape index (κ2) is 15.3. The molecule has 50 heavy (non-hydrogen) atoms. The summed E-state index contributed by atoms with van der Waals surface area (Å²) >= 11 is 1.80. The van der Waals surface area contributed by atoms with Crippen LogP contribution < -0.4 is 15.9 Å². The molecule has 0 atom stereocenters. The van der Waals surface area contributed by atoms with Gasteiger partial charge in [0.2, 0.25) is 0 Å². The molecule has 4 heteroatoms. The molecule has 0 spiro atoms. The molecule has 0 saturated heterocycles. The summed E-state index contributed by atoms with van der Waals surface area (Å²) in [6.45, 7) is 4.17. The first-order chi connectivity index (χ1) is 24.6. The molecule has 1 fully saturated rings. The molecule has 1 aliphatic rings. The second-order valence-corrected chi connectivity index (χ2v) is 16.3. The number of aromatic nitrogens is 2. The molecule has 2 heterocycles. The van der Waals surface area contributed by atoms with Gasteiger partial charge >= 0.3 is 283 Å². The number of allylic oxidation sites excluding steroid dienone is 7. The molecule has 243 valence electrons. The molecule has 1 saturated carbocycles. The van der Waals surface area contributed by atoms with Gasteiger partial charge in [0.25, 0.3) is 0 Å². The number of pyridine rings is 2. The molecule has 0 amide bonds. The molecule has 2 nitrogen and oxygen atoms in total. The van der Waals surface area contributed by atoms with Crippen molar-refractivity contribution < 1.29 is 17.9 Å². The fourth-order valence-corrected chi connectivity index (χ4v) is 12.7. The fraction of sp³-hybridized carbons (Fsp3) is 0.109. The van der Waals surface area contributed by atoms with Crippen LogP contribution in [0.15, 0.2) is 168 Å². The molecule has 7 rings (SSSR count). The average Bonchev–Trinajstić information content (AvgIpc) is 3.63. The van der Waals surface area contributed by atoms with Crippen molar-refractivity contribution in [1.82, 2.24) is 9.97 Å². The van der Waals surface area contributed by atoms with Gasteiger partial charge in [0.05, 0.1) is 0 Å². The molecular formula is C46H37N2OsP+. The summed E-state index contributed by atoms with van der Waals surface area (Å²) in [5.74, 6) is 7.30. The number of hydrogen-bond donors (Lipinski definition) is 0. The Morgan fingerprint density at radius 1 is 0.700 bits per heavy atom. The molecule has 0 N–H and O–H groups in total. The van der Waals surface area contributed by atoms with E-state index in [9.17, 15) is 0 Å². The maximum absolute atomic E-state index is 4.92. The summed E-state index contributed by atoms with van der Waals surface area (Å²) in [4.78, 5) is 9.70. The zero-order valence-corrected chi connectivity index (χ0v) is 31.7. The molecule has 0 bridgehead atoms. The molecular weight excluding hydrogens is 802 g/mol. The average molecular weight is 839 g/mol. The topological polar surface area (TPSA) is 25.8 Å². The first-order valence-electron chi connectivity index (χ1n) is 17.0. The predicted molar refractivity (Wildman–Crippen MR) is 210 cm³/mol. The Labute approximate surface area is 305 Å². The van der Waals surface area contributed by atoms with E-state index in [2.05, 4.69) is 157 Å². The number of rotatable bonds is 6. The van der Waals surface area contributed by atoms with E-state index in [0.29, 0.717) is 0 Å². The van der Waals surface area contributed by atoms with Crippen molar-refractivity contribution in [2.75, 3.05) is 0 Å². The van der Waals surface area contributed by atoms with E-state index < -0.39 is 7.26 Å². The van der Waals surface area contributed by atoms with E-state index >= 15 is 0 Å². The van der Waals surface area contributed by atoms with Crippen LogP contribution in [0.4, 0.5) is 0 Å². The van der Waals surface area contributed by atoms with Crippen molar-refractivity contribution in [3.05, 3.63) is 179 Å². The van der Waals surface area contributed by atoms with Crippen molar-refractivity contribution in [1.29, 1.82) is 0 Å². The van der Waals surface area contributed by atoms with Crippen molar-refractivity contribution in [2.45, 2.75) is 33.1 Å². The van der Waals surface area contributed by atoms with Gasteiger partial charge in [-0.05, 0) is 12.5 Å². The van der Waals surface area contributed by atoms with Crippen LogP contribution in [0.25, 0.3) is 27.9 Å². The standard InChI is InChI=1S/C46H37N2P.Os/c1-4-16-35-29-40-27-28-41-30-36(33-48-46(41)45(40)47-32-35)25-26-38(31-39-18-15-17-37(39)5-2)34(3)49(42-19-9-6-10-20-42,43-21-11-7-12-22-43)44-23-13-8-14-24-44;/h4-14,16,19-24,27-33H,15,17-18H2,1-2H3;/q+1;/b16-4+,37-5?,38-34?,39-31?;. The van der Waals surface area contributed by atoms with Crippen LogP contribution in [0, 0.1) is 16.2 Å². The molecule has 0 aliphatic heterocycles. The minimum atomic E-state index is -2.42. The van der Waals surface area contributed by atoms with E-state index in [1.54, 1.807) is 17.9 Å². The quantitative estimate of drug-likeness (QED) is 0.0949. The van der Waals surface area contributed by atoms with Crippen LogP contribution in [-0.4, -0.2) is 9.97 Å². The van der Waals surface area contributed by atoms with Crippen LogP contribution in [0.3, 0.4) is 0 Å². The molecule has 0 unspecified atom stereocenters. The Morgan fingerprint density at radius 3 is 1.82 bits per heavy atom. The monoisotopic (exact) mass is 840 g/mol.